The van der Waals surface area contributed by atoms with E-state index in [1.54, 1.807) is 19.3 Å². The van der Waals surface area contributed by atoms with Gasteiger partial charge < -0.3 is 19.1 Å². The van der Waals surface area contributed by atoms with Crippen molar-refractivity contribution in [3.05, 3.63) is 30.1 Å². The summed E-state index contributed by atoms with van der Waals surface area (Å²) < 4.78 is 41.9. The molecular weight excluding hydrogens is 444 g/mol. The highest BCUT2D eigenvalue weighted by atomic mass is 32.2. The maximum atomic E-state index is 11.9. The number of anilines is 2. The number of nitrogens with zero attached hydrogens (tertiary/aromatic N) is 4. The Hall–Kier alpha value is -2.43. The SMILES string of the molecule is Cc1cc(N2CCOc3cnc(O[C@H]4CCN(C5CCCCO5)C4)cc32)cnc1S(C)(=O)=O. The van der Waals surface area contributed by atoms with Crippen LogP contribution in [-0.2, 0) is 14.6 Å². The molecule has 2 fully saturated rings. The quantitative estimate of drug-likeness (QED) is 0.648. The Labute approximate surface area is 194 Å². The summed E-state index contributed by atoms with van der Waals surface area (Å²) in [5, 5.41) is 0.103. The number of pyridine rings is 2. The minimum absolute atomic E-state index is 0.0667. The fourth-order valence-electron chi connectivity index (χ4n) is 4.81. The topological polar surface area (TPSA) is 94.1 Å². The minimum atomic E-state index is -3.37. The zero-order chi connectivity index (χ0) is 23.0. The third-order valence-electron chi connectivity index (χ3n) is 6.39. The smallest absolute Gasteiger partial charge is 0.215 e. The van der Waals surface area contributed by atoms with E-state index in [-0.39, 0.29) is 17.4 Å². The summed E-state index contributed by atoms with van der Waals surface area (Å²) in [6.45, 7) is 5.52. The summed E-state index contributed by atoms with van der Waals surface area (Å²) in [6.07, 6.45) is 9.12. The van der Waals surface area contributed by atoms with Crippen LogP contribution in [0.2, 0.25) is 0 Å². The highest BCUT2D eigenvalue weighted by Gasteiger charge is 2.31. The van der Waals surface area contributed by atoms with Crippen LogP contribution in [0.5, 0.6) is 11.6 Å². The minimum Gasteiger partial charge on any atom is -0.488 e. The third kappa shape index (κ3) is 4.78. The van der Waals surface area contributed by atoms with Gasteiger partial charge in [-0.25, -0.2) is 18.4 Å². The Balaban J connectivity index is 1.33. The van der Waals surface area contributed by atoms with E-state index in [4.69, 9.17) is 14.2 Å². The summed E-state index contributed by atoms with van der Waals surface area (Å²) in [7, 11) is -3.37. The molecule has 3 aliphatic heterocycles. The van der Waals surface area contributed by atoms with Gasteiger partial charge in [0.15, 0.2) is 20.6 Å². The van der Waals surface area contributed by atoms with Gasteiger partial charge in [-0.05, 0) is 44.2 Å². The largest absolute Gasteiger partial charge is 0.488 e. The highest BCUT2D eigenvalue weighted by Crippen LogP contribution is 2.39. The second-order valence-electron chi connectivity index (χ2n) is 8.92. The molecule has 3 aliphatic rings. The molecule has 0 spiro atoms. The van der Waals surface area contributed by atoms with Gasteiger partial charge in [-0.15, -0.1) is 0 Å². The van der Waals surface area contributed by atoms with Crippen molar-refractivity contribution in [3.8, 4) is 11.6 Å². The summed E-state index contributed by atoms with van der Waals surface area (Å²) in [6, 6.07) is 3.74. The van der Waals surface area contributed by atoms with Crippen LogP contribution in [0.25, 0.3) is 0 Å². The van der Waals surface area contributed by atoms with Crippen molar-refractivity contribution < 1.29 is 22.6 Å². The molecule has 0 aliphatic carbocycles. The molecule has 10 heteroatoms. The lowest BCUT2D eigenvalue weighted by Crippen LogP contribution is -2.38. The van der Waals surface area contributed by atoms with Gasteiger partial charge >= 0.3 is 0 Å². The van der Waals surface area contributed by atoms with Crippen LogP contribution in [0.1, 0.15) is 31.2 Å². The van der Waals surface area contributed by atoms with E-state index in [9.17, 15) is 8.42 Å². The molecule has 2 saturated heterocycles. The Morgan fingerprint density at radius 1 is 1.09 bits per heavy atom. The van der Waals surface area contributed by atoms with Crippen molar-refractivity contribution in [2.75, 3.05) is 44.0 Å². The van der Waals surface area contributed by atoms with E-state index >= 15 is 0 Å². The number of ether oxygens (including phenoxy) is 3. The van der Waals surface area contributed by atoms with Gasteiger partial charge in [-0.3, -0.25) is 4.90 Å². The van der Waals surface area contributed by atoms with Crippen LogP contribution in [0.3, 0.4) is 0 Å². The molecule has 0 amide bonds. The van der Waals surface area contributed by atoms with Gasteiger partial charge in [-0.1, -0.05) is 0 Å². The van der Waals surface area contributed by atoms with Crippen molar-refractivity contribution >= 4 is 21.2 Å². The van der Waals surface area contributed by atoms with E-state index in [2.05, 4.69) is 19.8 Å². The van der Waals surface area contributed by atoms with Crippen LogP contribution in [0, 0.1) is 6.92 Å². The third-order valence-corrected chi connectivity index (χ3v) is 7.52. The molecule has 5 heterocycles. The van der Waals surface area contributed by atoms with Crippen molar-refractivity contribution in [1.82, 2.24) is 14.9 Å². The first-order valence-corrected chi connectivity index (χ1v) is 13.4. The molecule has 33 heavy (non-hydrogen) atoms. The van der Waals surface area contributed by atoms with E-state index in [1.807, 2.05) is 12.1 Å². The number of rotatable bonds is 5. The number of hydrogen-bond donors (Lipinski definition) is 0. The average molecular weight is 475 g/mol. The van der Waals surface area contributed by atoms with E-state index < -0.39 is 9.84 Å². The second-order valence-corrected chi connectivity index (χ2v) is 10.9. The number of likely N-dealkylation sites (tertiary alicyclic amines) is 1. The normalized spacial score (nSPS) is 23.8. The molecule has 2 atom stereocenters. The lowest BCUT2D eigenvalue weighted by molar-refractivity contribution is -0.0790. The van der Waals surface area contributed by atoms with Crippen molar-refractivity contribution in [2.45, 2.75) is 50.0 Å². The Kier molecular flexibility index (Phi) is 6.15. The molecular formula is C23H30N4O5S. The molecule has 0 aromatic carbocycles. The molecule has 2 aromatic heterocycles. The summed E-state index contributed by atoms with van der Waals surface area (Å²) in [5.74, 6) is 1.22. The van der Waals surface area contributed by atoms with E-state index in [1.165, 1.54) is 12.7 Å². The van der Waals surface area contributed by atoms with Gasteiger partial charge in [0.25, 0.3) is 0 Å². The lowest BCUT2D eigenvalue weighted by atomic mass is 10.2. The first-order chi connectivity index (χ1) is 15.9. The van der Waals surface area contributed by atoms with Crippen LogP contribution < -0.4 is 14.4 Å². The van der Waals surface area contributed by atoms with Gasteiger partial charge in [0.2, 0.25) is 5.88 Å². The molecule has 0 radical (unpaired) electrons. The number of hydrogen-bond acceptors (Lipinski definition) is 9. The lowest BCUT2D eigenvalue weighted by Gasteiger charge is -2.32. The molecule has 0 saturated carbocycles. The predicted octanol–water partition coefficient (Wildman–Crippen LogP) is 2.70. The predicted molar refractivity (Wildman–Crippen MR) is 123 cm³/mol. The number of sulfone groups is 1. The first kappa shape index (κ1) is 22.4. The highest BCUT2D eigenvalue weighted by molar-refractivity contribution is 7.90. The molecule has 0 N–H and O–H groups in total. The van der Waals surface area contributed by atoms with Gasteiger partial charge in [-0.2, -0.15) is 0 Å². The molecule has 5 rings (SSSR count). The van der Waals surface area contributed by atoms with Gasteiger partial charge in [0.05, 0.1) is 30.3 Å². The Bertz CT molecular complexity index is 1120. The second kappa shape index (κ2) is 9.08. The van der Waals surface area contributed by atoms with Crippen LogP contribution in [0.15, 0.2) is 29.6 Å². The summed E-state index contributed by atoms with van der Waals surface area (Å²) in [4.78, 5) is 13.1. The summed E-state index contributed by atoms with van der Waals surface area (Å²) in [5.41, 5.74) is 2.26. The zero-order valence-electron chi connectivity index (χ0n) is 19.1. The standard InChI is InChI=1S/C23H30N4O5S/c1-16-11-17(13-25-23(16)33(2,28)29)27-8-10-30-20-14-24-21(12-19(20)27)32-18-6-7-26(15-18)22-5-3-4-9-31-22/h11-14,18,22H,3-10,15H2,1-2H3/t18-,22?/m0/s1. The maximum Gasteiger partial charge on any atom is 0.215 e. The molecule has 178 valence electrons. The average Bonchev–Trinajstić information content (AvgIpc) is 3.27. The molecule has 9 nitrogen and oxygen atoms in total. The maximum absolute atomic E-state index is 11.9. The van der Waals surface area contributed by atoms with Crippen LogP contribution in [-0.4, -0.2) is 74.7 Å². The van der Waals surface area contributed by atoms with E-state index in [0.717, 1.165) is 50.3 Å². The number of aromatic nitrogens is 2. The Morgan fingerprint density at radius 2 is 1.97 bits per heavy atom. The first-order valence-electron chi connectivity index (χ1n) is 11.5. The van der Waals surface area contributed by atoms with Gasteiger partial charge in [0, 0.05) is 32.0 Å². The monoisotopic (exact) mass is 474 g/mol. The summed E-state index contributed by atoms with van der Waals surface area (Å²) >= 11 is 0. The van der Waals surface area contributed by atoms with Crippen LogP contribution in [0.4, 0.5) is 11.4 Å². The Morgan fingerprint density at radius 3 is 2.73 bits per heavy atom. The number of aryl methyl sites for hydroxylation is 1. The zero-order valence-corrected chi connectivity index (χ0v) is 19.9. The fraction of sp³-hybridized carbons (Fsp3) is 0.565. The van der Waals surface area contributed by atoms with Gasteiger partial charge in [0.1, 0.15) is 18.9 Å². The van der Waals surface area contributed by atoms with E-state index in [0.29, 0.717) is 30.3 Å². The number of fused-ring (bicyclic) bond motifs is 1. The van der Waals surface area contributed by atoms with Crippen molar-refractivity contribution in [1.29, 1.82) is 0 Å². The van der Waals surface area contributed by atoms with Crippen LogP contribution >= 0.6 is 0 Å². The molecule has 2 aromatic rings. The molecule has 0 bridgehead atoms. The van der Waals surface area contributed by atoms with Crippen molar-refractivity contribution in [3.63, 3.8) is 0 Å². The fourth-order valence-corrected chi connectivity index (χ4v) is 5.70. The van der Waals surface area contributed by atoms with Crippen molar-refractivity contribution in [2.24, 2.45) is 0 Å². The molecule has 1 unspecified atom stereocenters.